The zero-order valence-corrected chi connectivity index (χ0v) is 16.1. The molecule has 1 aromatic rings. The third-order valence-corrected chi connectivity index (χ3v) is 4.69. The molecule has 1 aromatic carbocycles. The minimum absolute atomic E-state index is 0.0530. The summed E-state index contributed by atoms with van der Waals surface area (Å²) < 4.78 is 15.6. The van der Waals surface area contributed by atoms with Gasteiger partial charge in [0, 0.05) is 19.5 Å². The molecule has 1 unspecified atom stereocenters. The van der Waals surface area contributed by atoms with Gasteiger partial charge in [-0.25, -0.2) is 4.79 Å². The van der Waals surface area contributed by atoms with Crippen LogP contribution in [0.3, 0.4) is 0 Å². The number of nitrogens with one attached hydrogen (secondary N) is 1. The largest absolute Gasteiger partial charge is 0.493 e. The van der Waals surface area contributed by atoms with Crippen LogP contribution >= 0.6 is 0 Å². The summed E-state index contributed by atoms with van der Waals surface area (Å²) >= 11 is 0. The maximum Gasteiger partial charge on any atom is 0.337 e. The van der Waals surface area contributed by atoms with E-state index < -0.39 is 12.1 Å². The average Bonchev–Trinajstić information content (AvgIpc) is 2.71. The Bertz CT molecular complexity index is 643. The number of likely N-dealkylation sites (tertiary alicyclic amines) is 1. The molecule has 1 aliphatic heterocycles. The van der Waals surface area contributed by atoms with E-state index in [0.717, 1.165) is 25.9 Å². The zero-order chi connectivity index (χ0) is 19.8. The van der Waals surface area contributed by atoms with Gasteiger partial charge in [0.05, 0.1) is 19.8 Å². The van der Waals surface area contributed by atoms with Gasteiger partial charge in [-0.15, -0.1) is 0 Å². The number of benzene rings is 1. The van der Waals surface area contributed by atoms with E-state index in [-0.39, 0.29) is 18.4 Å². The number of carbonyl (C=O) groups is 2. The van der Waals surface area contributed by atoms with Crippen LogP contribution in [0.1, 0.15) is 23.2 Å². The van der Waals surface area contributed by atoms with Crippen LogP contribution in [0.2, 0.25) is 0 Å². The smallest absolute Gasteiger partial charge is 0.337 e. The normalized spacial score (nSPS) is 16.4. The highest BCUT2D eigenvalue weighted by Crippen LogP contribution is 2.28. The Hall–Kier alpha value is -2.32. The minimum atomic E-state index is -0.674. The highest BCUT2D eigenvalue weighted by atomic mass is 16.5. The van der Waals surface area contributed by atoms with E-state index in [1.165, 1.54) is 20.3 Å². The number of piperidine rings is 1. The number of aliphatic hydroxyl groups is 1. The van der Waals surface area contributed by atoms with Crippen LogP contribution in [0.15, 0.2) is 18.2 Å². The van der Waals surface area contributed by atoms with Crippen molar-refractivity contribution in [2.45, 2.75) is 18.9 Å². The van der Waals surface area contributed by atoms with Crippen molar-refractivity contribution in [2.24, 2.45) is 5.92 Å². The molecule has 0 aliphatic carbocycles. The van der Waals surface area contributed by atoms with Gasteiger partial charge in [-0.1, -0.05) is 0 Å². The molecule has 0 saturated carbocycles. The molecule has 0 bridgehead atoms. The topological polar surface area (TPSA) is 97.3 Å². The van der Waals surface area contributed by atoms with Crippen LogP contribution in [-0.2, 0) is 9.53 Å². The number of aliphatic hydroxyl groups excluding tert-OH is 1. The van der Waals surface area contributed by atoms with E-state index in [1.54, 1.807) is 19.2 Å². The number of ether oxygens (including phenoxy) is 3. The molecular formula is C19H28N2O6. The van der Waals surface area contributed by atoms with Crippen molar-refractivity contribution in [2.75, 3.05) is 47.5 Å². The Labute approximate surface area is 159 Å². The van der Waals surface area contributed by atoms with Gasteiger partial charge >= 0.3 is 5.97 Å². The van der Waals surface area contributed by atoms with Crippen molar-refractivity contribution in [3.05, 3.63) is 23.8 Å². The first kappa shape index (κ1) is 21.0. The molecule has 1 aliphatic rings. The lowest BCUT2D eigenvalue weighted by atomic mass is 9.96. The summed E-state index contributed by atoms with van der Waals surface area (Å²) in [4.78, 5) is 25.4. The van der Waals surface area contributed by atoms with Gasteiger partial charge in [-0.2, -0.15) is 0 Å². The van der Waals surface area contributed by atoms with Gasteiger partial charge in [-0.3, -0.25) is 4.79 Å². The second-order valence-electron chi connectivity index (χ2n) is 6.51. The van der Waals surface area contributed by atoms with E-state index in [1.807, 2.05) is 0 Å². The maximum atomic E-state index is 11.7. The third kappa shape index (κ3) is 5.83. The second kappa shape index (κ2) is 10.1. The summed E-state index contributed by atoms with van der Waals surface area (Å²) in [6, 6.07) is 4.74. The highest BCUT2D eigenvalue weighted by molar-refractivity contribution is 5.90. The molecule has 27 heavy (non-hydrogen) atoms. The lowest BCUT2D eigenvalue weighted by Crippen LogP contribution is -2.43. The Morgan fingerprint density at radius 3 is 2.56 bits per heavy atom. The molecule has 0 spiro atoms. The highest BCUT2D eigenvalue weighted by Gasteiger charge is 2.25. The minimum Gasteiger partial charge on any atom is -0.493 e. The van der Waals surface area contributed by atoms with Crippen LogP contribution in [0.5, 0.6) is 11.5 Å². The van der Waals surface area contributed by atoms with Crippen LogP contribution in [0.25, 0.3) is 0 Å². The first-order chi connectivity index (χ1) is 13.0. The maximum absolute atomic E-state index is 11.7. The molecule has 8 nitrogen and oxygen atoms in total. The van der Waals surface area contributed by atoms with Crippen molar-refractivity contribution in [1.29, 1.82) is 0 Å². The second-order valence-corrected chi connectivity index (χ2v) is 6.51. The fourth-order valence-corrected chi connectivity index (χ4v) is 3.15. The molecule has 1 fully saturated rings. The van der Waals surface area contributed by atoms with E-state index in [2.05, 4.69) is 15.0 Å². The number of methoxy groups -OCH3 is 2. The number of amides is 1. The SMILES string of the molecule is CNC(=O)C1CCN(CC(O)COc2ccc(C(=O)OC)cc2OC)CC1. The third-order valence-electron chi connectivity index (χ3n) is 4.69. The lowest BCUT2D eigenvalue weighted by molar-refractivity contribution is -0.126. The zero-order valence-electron chi connectivity index (χ0n) is 16.1. The lowest BCUT2D eigenvalue weighted by Gasteiger charge is -2.32. The molecule has 2 N–H and O–H groups in total. The summed E-state index contributed by atoms with van der Waals surface area (Å²) in [7, 11) is 4.45. The number of esters is 1. The summed E-state index contributed by atoms with van der Waals surface area (Å²) in [5, 5.41) is 13.0. The quantitative estimate of drug-likeness (QED) is 0.640. The van der Waals surface area contributed by atoms with Gasteiger partial charge in [0.15, 0.2) is 11.5 Å². The number of nitrogens with zero attached hydrogens (tertiary/aromatic N) is 1. The van der Waals surface area contributed by atoms with Gasteiger partial charge in [0.1, 0.15) is 12.7 Å². The molecule has 1 heterocycles. The van der Waals surface area contributed by atoms with Gasteiger partial charge in [0.25, 0.3) is 0 Å². The number of hydrogen-bond donors (Lipinski definition) is 2. The molecule has 1 atom stereocenters. The fourth-order valence-electron chi connectivity index (χ4n) is 3.15. The van der Waals surface area contributed by atoms with Crippen LogP contribution in [-0.4, -0.2) is 75.5 Å². The van der Waals surface area contributed by atoms with Crippen molar-refractivity contribution < 1.29 is 28.9 Å². The molecule has 8 heteroatoms. The predicted molar refractivity (Wildman–Crippen MR) is 99.1 cm³/mol. The average molecular weight is 380 g/mol. The first-order valence-corrected chi connectivity index (χ1v) is 8.99. The number of carbonyl (C=O) groups excluding carboxylic acids is 2. The number of β-amino-alcohol motifs (C(OH)–C–C–N with tert-alkyl or cyclic N) is 1. The molecule has 150 valence electrons. The summed E-state index contributed by atoms with van der Waals surface area (Å²) in [6.45, 7) is 2.12. The van der Waals surface area contributed by atoms with Crippen molar-refractivity contribution >= 4 is 11.9 Å². The fraction of sp³-hybridized carbons (Fsp3) is 0.579. The molecule has 0 radical (unpaired) electrons. The Balaban J connectivity index is 1.83. The van der Waals surface area contributed by atoms with Crippen molar-refractivity contribution in [3.63, 3.8) is 0 Å². The van der Waals surface area contributed by atoms with E-state index in [9.17, 15) is 14.7 Å². The van der Waals surface area contributed by atoms with Crippen molar-refractivity contribution in [1.82, 2.24) is 10.2 Å². The van der Waals surface area contributed by atoms with Crippen LogP contribution < -0.4 is 14.8 Å². The van der Waals surface area contributed by atoms with Gasteiger partial charge in [-0.05, 0) is 44.1 Å². The summed E-state index contributed by atoms with van der Waals surface area (Å²) in [6.07, 6.45) is 0.901. The van der Waals surface area contributed by atoms with E-state index >= 15 is 0 Å². The number of hydrogen-bond acceptors (Lipinski definition) is 7. The molecular weight excluding hydrogens is 352 g/mol. The molecule has 1 saturated heterocycles. The molecule has 2 rings (SSSR count). The molecule has 0 aromatic heterocycles. The molecule has 1 amide bonds. The Morgan fingerprint density at radius 1 is 1.26 bits per heavy atom. The van der Waals surface area contributed by atoms with Gasteiger partial charge < -0.3 is 29.5 Å². The Morgan fingerprint density at radius 2 is 1.96 bits per heavy atom. The van der Waals surface area contributed by atoms with E-state index in [4.69, 9.17) is 9.47 Å². The monoisotopic (exact) mass is 380 g/mol. The predicted octanol–water partition coefficient (Wildman–Crippen LogP) is 0.679. The first-order valence-electron chi connectivity index (χ1n) is 8.99. The van der Waals surface area contributed by atoms with E-state index in [0.29, 0.717) is 23.6 Å². The standard InChI is InChI=1S/C19H28N2O6/c1-20-18(23)13-6-8-21(9-7-13)11-15(22)12-27-16-5-4-14(19(24)26-3)10-17(16)25-2/h4-5,10,13,15,22H,6-9,11-12H2,1-3H3,(H,20,23). The summed E-state index contributed by atoms with van der Waals surface area (Å²) in [5.74, 6) is 0.525. The van der Waals surface area contributed by atoms with Crippen LogP contribution in [0, 0.1) is 5.92 Å². The Kier molecular flexibility index (Phi) is 7.87. The van der Waals surface area contributed by atoms with Crippen molar-refractivity contribution in [3.8, 4) is 11.5 Å². The van der Waals surface area contributed by atoms with Crippen LogP contribution in [0.4, 0.5) is 0 Å². The van der Waals surface area contributed by atoms with Gasteiger partial charge in [0.2, 0.25) is 5.91 Å². The number of rotatable bonds is 8. The summed E-state index contributed by atoms with van der Waals surface area (Å²) in [5.41, 5.74) is 0.362.